The normalized spacial score (nSPS) is 12.3. The molecule has 1 nitrogen and oxygen atoms in total. The Morgan fingerprint density at radius 1 is 1.23 bits per heavy atom. The van der Waals surface area contributed by atoms with E-state index in [9.17, 15) is 0 Å². The summed E-state index contributed by atoms with van der Waals surface area (Å²) in [7, 11) is -1.28. The molecule has 0 aromatic carbocycles. The molecule has 0 aromatic rings. The molecule has 0 fully saturated rings. The SMILES string of the molecule is CC(=S)OC[Si](C)(C(C)C)C(C)C. The van der Waals surface area contributed by atoms with Crippen LogP contribution in [-0.4, -0.2) is 19.4 Å². The van der Waals surface area contributed by atoms with Gasteiger partial charge in [-0.05, 0) is 23.3 Å². The van der Waals surface area contributed by atoms with E-state index in [0.717, 1.165) is 17.3 Å². The largest absolute Gasteiger partial charge is 0.491 e. The molecule has 0 aliphatic heterocycles. The Balaban J connectivity index is 4.33. The molecule has 0 unspecified atom stereocenters. The third-order valence-corrected chi connectivity index (χ3v) is 9.38. The molecule has 13 heavy (non-hydrogen) atoms. The van der Waals surface area contributed by atoms with Crippen molar-refractivity contribution in [1.29, 1.82) is 0 Å². The van der Waals surface area contributed by atoms with E-state index < -0.39 is 8.07 Å². The lowest BCUT2D eigenvalue weighted by atomic mass is 10.5. The maximum Gasteiger partial charge on any atom is 0.156 e. The third kappa shape index (κ3) is 3.77. The number of ether oxygens (including phenoxy) is 1. The van der Waals surface area contributed by atoms with Crippen molar-refractivity contribution in [2.75, 3.05) is 6.23 Å². The van der Waals surface area contributed by atoms with Gasteiger partial charge < -0.3 is 4.74 Å². The molecular weight excluding hydrogens is 196 g/mol. The zero-order valence-electron chi connectivity index (χ0n) is 9.68. The molecule has 0 saturated carbocycles. The fraction of sp³-hybridized carbons (Fsp3) is 0.900. The number of rotatable bonds is 4. The van der Waals surface area contributed by atoms with Gasteiger partial charge in [-0.25, -0.2) is 0 Å². The first-order valence-electron chi connectivity index (χ1n) is 4.94. The van der Waals surface area contributed by atoms with Crippen LogP contribution < -0.4 is 0 Å². The van der Waals surface area contributed by atoms with Gasteiger partial charge in [0.15, 0.2) is 5.05 Å². The number of hydrogen-bond acceptors (Lipinski definition) is 2. The highest BCUT2D eigenvalue weighted by Crippen LogP contribution is 2.32. The third-order valence-electron chi connectivity index (χ3n) is 3.22. The lowest BCUT2D eigenvalue weighted by Gasteiger charge is -2.34. The maximum absolute atomic E-state index is 5.52. The van der Waals surface area contributed by atoms with Crippen molar-refractivity contribution in [1.82, 2.24) is 0 Å². The van der Waals surface area contributed by atoms with Crippen LogP contribution in [-0.2, 0) is 4.74 Å². The minimum absolute atomic E-state index is 0.681. The summed E-state index contributed by atoms with van der Waals surface area (Å²) in [4.78, 5) is 0. The van der Waals surface area contributed by atoms with Crippen LogP contribution in [0.5, 0.6) is 0 Å². The minimum Gasteiger partial charge on any atom is -0.491 e. The second-order valence-electron chi connectivity index (χ2n) is 4.60. The molecule has 0 radical (unpaired) electrons. The van der Waals surface area contributed by atoms with E-state index in [-0.39, 0.29) is 0 Å². The van der Waals surface area contributed by atoms with E-state index in [0.29, 0.717) is 5.05 Å². The molecular formula is C10H22OSSi. The van der Waals surface area contributed by atoms with Gasteiger partial charge in [-0.3, -0.25) is 0 Å². The van der Waals surface area contributed by atoms with E-state index in [1.807, 2.05) is 6.92 Å². The molecule has 0 aromatic heterocycles. The molecule has 78 valence electrons. The summed E-state index contributed by atoms with van der Waals surface area (Å²) in [6, 6.07) is 0. The first-order chi connectivity index (χ1) is 5.80. The van der Waals surface area contributed by atoms with E-state index in [1.54, 1.807) is 0 Å². The highest BCUT2D eigenvalue weighted by Gasteiger charge is 2.35. The Kier molecular flexibility index (Phi) is 5.15. The van der Waals surface area contributed by atoms with E-state index >= 15 is 0 Å². The molecule has 0 amide bonds. The molecule has 0 bridgehead atoms. The Hall–Kier alpha value is 0.107. The molecule has 0 heterocycles. The second kappa shape index (κ2) is 5.10. The monoisotopic (exact) mass is 218 g/mol. The minimum atomic E-state index is -1.28. The van der Waals surface area contributed by atoms with Gasteiger partial charge in [0.2, 0.25) is 0 Å². The summed E-state index contributed by atoms with van der Waals surface area (Å²) in [6.45, 7) is 13.5. The predicted octanol–water partition coefficient (Wildman–Crippen LogP) is 3.79. The summed E-state index contributed by atoms with van der Waals surface area (Å²) >= 11 is 4.94. The predicted molar refractivity (Wildman–Crippen MR) is 66.0 cm³/mol. The van der Waals surface area contributed by atoms with Crippen LogP contribution in [0.15, 0.2) is 0 Å². The van der Waals surface area contributed by atoms with E-state index in [4.69, 9.17) is 17.0 Å². The number of thiocarbonyl (C=S) groups is 1. The smallest absolute Gasteiger partial charge is 0.156 e. The van der Waals surface area contributed by atoms with Gasteiger partial charge in [0.05, 0.1) is 6.23 Å². The highest BCUT2D eigenvalue weighted by atomic mass is 32.1. The topological polar surface area (TPSA) is 9.23 Å². The molecule has 0 aliphatic carbocycles. The molecule has 0 atom stereocenters. The number of hydrogen-bond donors (Lipinski definition) is 0. The zero-order chi connectivity index (χ0) is 10.6. The van der Waals surface area contributed by atoms with Crippen molar-refractivity contribution in [3.8, 4) is 0 Å². The lowest BCUT2D eigenvalue weighted by molar-refractivity contribution is 0.366. The fourth-order valence-electron chi connectivity index (χ4n) is 1.26. The summed E-state index contributed by atoms with van der Waals surface area (Å²) < 4.78 is 5.52. The van der Waals surface area contributed by atoms with Crippen LogP contribution in [0.25, 0.3) is 0 Å². The van der Waals surface area contributed by atoms with Gasteiger partial charge in [0.1, 0.15) is 8.07 Å². The quantitative estimate of drug-likeness (QED) is 0.524. The van der Waals surface area contributed by atoms with Crippen LogP contribution in [0.4, 0.5) is 0 Å². The van der Waals surface area contributed by atoms with Gasteiger partial charge in [-0.2, -0.15) is 0 Å². The van der Waals surface area contributed by atoms with Gasteiger partial charge in [0, 0.05) is 6.92 Å². The lowest BCUT2D eigenvalue weighted by Crippen LogP contribution is -2.43. The second-order valence-corrected chi connectivity index (χ2v) is 10.8. The molecule has 0 spiro atoms. The molecule has 0 N–H and O–H groups in total. The molecule has 0 saturated heterocycles. The van der Waals surface area contributed by atoms with Crippen molar-refractivity contribution < 1.29 is 4.74 Å². The maximum atomic E-state index is 5.52. The Morgan fingerprint density at radius 2 is 1.62 bits per heavy atom. The first-order valence-corrected chi connectivity index (χ1v) is 8.21. The Labute approximate surface area is 88.9 Å². The molecule has 0 aliphatic rings. The average molecular weight is 218 g/mol. The molecule has 0 rings (SSSR count). The van der Waals surface area contributed by atoms with E-state index in [2.05, 4.69) is 34.2 Å². The van der Waals surface area contributed by atoms with Crippen molar-refractivity contribution in [3.63, 3.8) is 0 Å². The van der Waals surface area contributed by atoms with Gasteiger partial charge >= 0.3 is 0 Å². The molecule has 3 heteroatoms. The zero-order valence-corrected chi connectivity index (χ0v) is 11.5. The summed E-state index contributed by atoms with van der Waals surface area (Å²) in [6.07, 6.45) is 0.873. The fourth-order valence-corrected chi connectivity index (χ4v) is 3.95. The van der Waals surface area contributed by atoms with E-state index in [1.165, 1.54) is 0 Å². The van der Waals surface area contributed by atoms with Crippen molar-refractivity contribution >= 4 is 25.3 Å². The van der Waals surface area contributed by atoms with Crippen molar-refractivity contribution in [2.24, 2.45) is 0 Å². The Bertz CT molecular complexity index is 170. The average Bonchev–Trinajstić information content (AvgIpc) is 1.99. The van der Waals surface area contributed by atoms with Crippen LogP contribution in [0.1, 0.15) is 34.6 Å². The van der Waals surface area contributed by atoms with Crippen molar-refractivity contribution in [2.45, 2.75) is 52.2 Å². The summed E-state index contributed by atoms with van der Waals surface area (Å²) in [5, 5.41) is 0.681. The van der Waals surface area contributed by atoms with Crippen LogP contribution >= 0.6 is 12.2 Å². The summed E-state index contributed by atoms with van der Waals surface area (Å²) in [5.74, 6) is 0. The van der Waals surface area contributed by atoms with Crippen LogP contribution in [0.3, 0.4) is 0 Å². The van der Waals surface area contributed by atoms with Gasteiger partial charge in [-0.15, -0.1) is 0 Å². The van der Waals surface area contributed by atoms with Crippen LogP contribution in [0, 0.1) is 0 Å². The van der Waals surface area contributed by atoms with Gasteiger partial charge in [-0.1, -0.05) is 34.2 Å². The highest BCUT2D eigenvalue weighted by molar-refractivity contribution is 7.80. The van der Waals surface area contributed by atoms with Crippen molar-refractivity contribution in [3.05, 3.63) is 0 Å². The van der Waals surface area contributed by atoms with Crippen LogP contribution in [0.2, 0.25) is 17.6 Å². The standard InChI is InChI=1S/C10H22OSSi/c1-8(2)13(6,9(3)4)7-11-10(5)12/h8-9H,7H2,1-6H3. The first kappa shape index (κ1) is 13.1. The Morgan fingerprint density at radius 3 is 1.85 bits per heavy atom. The van der Waals surface area contributed by atoms with Gasteiger partial charge in [0.25, 0.3) is 0 Å². The summed E-state index contributed by atoms with van der Waals surface area (Å²) in [5.41, 5.74) is 1.50.